The number of ether oxygens (including phenoxy) is 1. The Morgan fingerprint density at radius 2 is 2.45 bits per heavy atom. The molecule has 0 amide bonds. The van der Waals surface area contributed by atoms with E-state index in [0.717, 1.165) is 5.75 Å². The lowest BCUT2D eigenvalue weighted by molar-refractivity contribution is 0.542. The summed E-state index contributed by atoms with van der Waals surface area (Å²) in [7, 11) is 1.69. The summed E-state index contributed by atoms with van der Waals surface area (Å²) in [5.41, 5.74) is 0. The SMILES string of the molecule is CN=C(C)Oc1cccnc1. The van der Waals surface area contributed by atoms with Crippen LogP contribution >= 0.6 is 0 Å². The van der Waals surface area contributed by atoms with Crippen molar-refractivity contribution < 1.29 is 4.74 Å². The average molecular weight is 150 g/mol. The zero-order chi connectivity index (χ0) is 8.10. The lowest BCUT2D eigenvalue weighted by atomic mass is 10.5. The summed E-state index contributed by atoms with van der Waals surface area (Å²) in [6.07, 6.45) is 3.35. The van der Waals surface area contributed by atoms with Gasteiger partial charge in [-0.25, -0.2) is 0 Å². The van der Waals surface area contributed by atoms with Crippen molar-refractivity contribution in [2.75, 3.05) is 7.05 Å². The summed E-state index contributed by atoms with van der Waals surface area (Å²) in [5, 5.41) is 0. The van der Waals surface area contributed by atoms with E-state index in [-0.39, 0.29) is 0 Å². The molecule has 0 spiro atoms. The molecule has 0 saturated heterocycles. The summed E-state index contributed by atoms with van der Waals surface area (Å²) in [4.78, 5) is 7.74. The first kappa shape index (κ1) is 7.72. The van der Waals surface area contributed by atoms with Crippen LogP contribution in [-0.2, 0) is 0 Å². The molecule has 1 aromatic heterocycles. The maximum absolute atomic E-state index is 5.25. The Labute approximate surface area is 65.8 Å². The van der Waals surface area contributed by atoms with Crippen molar-refractivity contribution in [2.45, 2.75) is 6.92 Å². The van der Waals surface area contributed by atoms with Crippen molar-refractivity contribution in [2.24, 2.45) is 4.99 Å². The van der Waals surface area contributed by atoms with Gasteiger partial charge in [-0.1, -0.05) is 0 Å². The predicted molar refractivity (Wildman–Crippen MR) is 43.9 cm³/mol. The van der Waals surface area contributed by atoms with E-state index < -0.39 is 0 Å². The zero-order valence-corrected chi connectivity index (χ0v) is 6.61. The van der Waals surface area contributed by atoms with Crippen molar-refractivity contribution in [1.82, 2.24) is 4.98 Å². The van der Waals surface area contributed by atoms with Gasteiger partial charge in [0.25, 0.3) is 0 Å². The fraction of sp³-hybridized carbons (Fsp3) is 0.250. The number of rotatable bonds is 1. The van der Waals surface area contributed by atoms with Crippen LogP contribution in [0, 0.1) is 0 Å². The molecule has 0 saturated carbocycles. The number of aromatic nitrogens is 1. The molecule has 1 heterocycles. The smallest absolute Gasteiger partial charge is 0.186 e. The third-order valence-corrected chi connectivity index (χ3v) is 1.21. The second kappa shape index (κ2) is 3.71. The summed E-state index contributed by atoms with van der Waals surface area (Å²) < 4.78 is 5.25. The van der Waals surface area contributed by atoms with Gasteiger partial charge in [-0.2, -0.15) is 0 Å². The number of hydrogen-bond donors (Lipinski definition) is 0. The topological polar surface area (TPSA) is 34.5 Å². The standard InChI is InChI=1S/C8H10N2O/c1-7(9-2)11-8-4-3-5-10-6-8/h3-6H,1-2H3. The molecule has 0 radical (unpaired) electrons. The minimum Gasteiger partial charge on any atom is -0.442 e. The summed E-state index contributed by atoms with van der Waals surface area (Å²) in [6, 6.07) is 3.65. The van der Waals surface area contributed by atoms with Gasteiger partial charge in [0.15, 0.2) is 5.90 Å². The fourth-order valence-electron chi connectivity index (χ4n) is 0.624. The molecule has 0 aliphatic rings. The molecule has 1 aromatic rings. The molecule has 0 N–H and O–H groups in total. The van der Waals surface area contributed by atoms with Crippen LogP contribution in [0.15, 0.2) is 29.5 Å². The third-order valence-electron chi connectivity index (χ3n) is 1.21. The van der Waals surface area contributed by atoms with E-state index in [1.165, 1.54) is 0 Å². The average Bonchev–Trinajstić information content (AvgIpc) is 2.06. The Kier molecular flexibility index (Phi) is 2.60. The number of nitrogens with zero attached hydrogens (tertiary/aromatic N) is 2. The van der Waals surface area contributed by atoms with Crippen LogP contribution in [0.5, 0.6) is 5.75 Å². The fourth-order valence-corrected chi connectivity index (χ4v) is 0.624. The molecular formula is C8H10N2O. The Balaban J connectivity index is 2.65. The first-order chi connectivity index (χ1) is 5.33. The molecule has 0 bridgehead atoms. The van der Waals surface area contributed by atoms with E-state index in [2.05, 4.69) is 9.98 Å². The van der Waals surface area contributed by atoms with Crippen LogP contribution in [0.4, 0.5) is 0 Å². The molecular weight excluding hydrogens is 140 g/mol. The van der Waals surface area contributed by atoms with Crippen molar-refractivity contribution >= 4 is 5.90 Å². The monoisotopic (exact) mass is 150 g/mol. The van der Waals surface area contributed by atoms with Crippen molar-refractivity contribution in [1.29, 1.82) is 0 Å². The molecule has 58 valence electrons. The molecule has 0 aliphatic carbocycles. The predicted octanol–water partition coefficient (Wildman–Crippen LogP) is 1.51. The molecule has 0 aliphatic heterocycles. The largest absolute Gasteiger partial charge is 0.442 e. The van der Waals surface area contributed by atoms with E-state index in [0.29, 0.717) is 5.90 Å². The minimum atomic E-state index is 0.637. The van der Waals surface area contributed by atoms with Crippen molar-refractivity contribution in [3.63, 3.8) is 0 Å². The number of hydrogen-bond acceptors (Lipinski definition) is 3. The highest BCUT2D eigenvalue weighted by atomic mass is 16.5. The lowest BCUT2D eigenvalue weighted by Gasteiger charge is -2.01. The molecule has 3 nitrogen and oxygen atoms in total. The molecule has 3 heteroatoms. The van der Waals surface area contributed by atoms with Gasteiger partial charge in [-0.05, 0) is 12.1 Å². The Morgan fingerprint density at radius 1 is 1.64 bits per heavy atom. The summed E-state index contributed by atoms with van der Waals surface area (Å²) >= 11 is 0. The van der Waals surface area contributed by atoms with Crippen LogP contribution in [0.1, 0.15) is 6.92 Å². The van der Waals surface area contributed by atoms with E-state index in [9.17, 15) is 0 Å². The van der Waals surface area contributed by atoms with Crippen LogP contribution in [0.2, 0.25) is 0 Å². The van der Waals surface area contributed by atoms with Gasteiger partial charge in [-0.3, -0.25) is 9.98 Å². The van der Waals surface area contributed by atoms with Crippen LogP contribution < -0.4 is 4.74 Å². The van der Waals surface area contributed by atoms with Crippen molar-refractivity contribution in [3.05, 3.63) is 24.5 Å². The van der Waals surface area contributed by atoms with Crippen LogP contribution in [0.25, 0.3) is 0 Å². The zero-order valence-electron chi connectivity index (χ0n) is 6.61. The Bertz CT molecular complexity index is 244. The first-order valence-electron chi connectivity index (χ1n) is 3.34. The first-order valence-corrected chi connectivity index (χ1v) is 3.34. The van der Waals surface area contributed by atoms with Gasteiger partial charge in [0.2, 0.25) is 0 Å². The van der Waals surface area contributed by atoms with Gasteiger partial charge in [0.05, 0.1) is 6.20 Å². The summed E-state index contributed by atoms with van der Waals surface area (Å²) in [5.74, 6) is 1.36. The maximum Gasteiger partial charge on any atom is 0.186 e. The highest BCUT2D eigenvalue weighted by Gasteiger charge is 1.92. The van der Waals surface area contributed by atoms with Gasteiger partial charge < -0.3 is 4.74 Å². The number of aliphatic imine (C=N–C) groups is 1. The van der Waals surface area contributed by atoms with E-state index >= 15 is 0 Å². The Morgan fingerprint density at radius 3 is 3.00 bits per heavy atom. The van der Waals surface area contributed by atoms with E-state index in [1.807, 2.05) is 12.1 Å². The summed E-state index contributed by atoms with van der Waals surface area (Å²) in [6.45, 7) is 1.80. The van der Waals surface area contributed by atoms with Gasteiger partial charge in [0, 0.05) is 20.2 Å². The second-order valence-corrected chi connectivity index (χ2v) is 2.03. The minimum absolute atomic E-state index is 0.637. The molecule has 1 rings (SSSR count). The van der Waals surface area contributed by atoms with Crippen LogP contribution in [-0.4, -0.2) is 17.9 Å². The quantitative estimate of drug-likeness (QED) is 0.449. The van der Waals surface area contributed by atoms with Gasteiger partial charge in [-0.15, -0.1) is 0 Å². The van der Waals surface area contributed by atoms with Gasteiger partial charge in [0.1, 0.15) is 5.75 Å². The molecule has 0 aromatic carbocycles. The maximum atomic E-state index is 5.25. The normalized spacial score (nSPS) is 11.3. The van der Waals surface area contributed by atoms with E-state index in [4.69, 9.17) is 4.74 Å². The molecule has 0 fully saturated rings. The molecule has 0 unspecified atom stereocenters. The third kappa shape index (κ3) is 2.37. The second-order valence-electron chi connectivity index (χ2n) is 2.03. The van der Waals surface area contributed by atoms with E-state index in [1.54, 1.807) is 26.4 Å². The van der Waals surface area contributed by atoms with Gasteiger partial charge >= 0.3 is 0 Å². The highest BCUT2D eigenvalue weighted by molar-refractivity contribution is 5.75. The number of pyridine rings is 1. The molecule has 0 atom stereocenters. The Hall–Kier alpha value is -1.38. The molecule has 11 heavy (non-hydrogen) atoms. The van der Waals surface area contributed by atoms with Crippen LogP contribution in [0.3, 0.4) is 0 Å². The van der Waals surface area contributed by atoms with Crippen molar-refractivity contribution in [3.8, 4) is 5.75 Å². The lowest BCUT2D eigenvalue weighted by Crippen LogP contribution is -2.02. The highest BCUT2D eigenvalue weighted by Crippen LogP contribution is 2.05.